The number of ether oxygens (including phenoxy) is 1. The number of rotatable bonds is 3. The van der Waals surface area contributed by atoms with Gasteiger partial charge in [0.05, 0.1) is 0 Å². The maximum absolute atomic E-state index is 12.1. The minimum Gasteiger partial charge on any atom is -0.443 e. The number of nitrogens with zero attached hydrogens (tertiary/aromatic N) is 2. The molecule has 0 saturated heterocycles. The third kappa shape index (κ3) is 5.10. The van der Waals surface area contributed by atoms with Gasteiger partial charge in [-0.25, -0.2) is 9.78 Å². The van der Waals surface area contributed by atoms with E-state index in [-0.39, 0.29) is 6.09 Å². The molecular weight excluding hydrogens is 324 g/mol. The number of benzene rings is 1. The monoisotopic (exact) mass is 344 g/mol. The summed E-state index contributed by atoms with van der Waals surface area (Å²) in [6, 6.07) is 11.3. The second-order valence-electron chi connectivity index (χ2n) is 6.35. The molecule has 0 unspecified atom stereocenters. The molecule has 1 aromatic heterocycles. The zero-order chi connectivity index (χ0) is 17.7. The first-order valence-corrected chi connectivity index (χ1v) is 7.99. The number of hydrogen-bond donors (Lipinski definition) is 0. The van der Waals surface area contributed by atoms with E-state index in [4.69, 9.17) is 16.3 Å². The quantitative estimate of drug-likeness (QED) is 0.712. The molecule has 0 bridgehead atoms. The van der Waals surface area contributed by atoms with E-state index in [9.17, 15) is 4.79 Å². The van der Waals surface area contributed by atoms with Crippen LogP contribution < -0.4 is 4.90 Å². The van der Waals surface area contributed by atoms with Crippen molar-refractivity contribution in [1.29, 1.82) is 0 Å². The molecule has 4 nitrogen and oxygen atoms in total. The van der Waals surface area contributed by atoms with Crippen molar-refractivity contribution >= 4 is 35.5 Å². The zero-order valence-electron chi connectivity index (χ0n) is 14.3. The summed E-state index contributed by atoms with van der Waals surface area (Å²) in [6.45, 7) is 5.53. The highest BCUT2D eigenvalue weighted by atomic mass is 35.5. The Labute approximate surface area is 147 Å². The molecule has 0 aliphatic rings. The molecule has 0 atom stereocenters. The highest BCUT2D eigenvalue weighted by molar-refractivity contribution is 6.30. The maximum Gasteiger partial charge on any atom is 0.414 e. The molecule has 0 aliphatic carbocycles. The third-order valence-corrected chi connectivity index (χ3v) is 3.51. The molecule has 2 rings (SSSR count). The van der Waals surface area contributed by atoms with Crippen LogP contribution in [-0.4, -0.2) is 23.7 Å². The SMILES string of the molecule is CN(C(=O)OC(C)(C)C)c1ccc(/C=C/c2cccnc2Cl)cc1. The molecule has 5 heteroatoms. The van der Waals surface area contributed by atoms with Gasteiger partial charge >= 0.3 is 6.09 Å². The molecule has 1 amide bonds. The van der Waals surface area contributed by atoms with Crippen molar-refractivity contribution in [2.45, 2.75) is 26.4 Å². The Kier molecular flexibility index (Phi) is 5.62. The average molecular weight is 345 g/mol. The minimum absolute atomic E-state index is 0.382. The highest BCUT2D eigenvalue weighted by Crippen LogP contribution is 2.19. The molecule has 24 heavy (non-hydrogen) atoms. The largest absolute Gasteiger partial charge is 0.443 e. The van der Waals surface area contributed by atoms with Crippen LogP contribution in [0.1, 0.15) is 31.9 Å². The minimum atomic E-state index is -0.517. The van der Waals surface area contributed by atoms with Crippen LogP contribution in [0.3, 0.4) is 0 Å². The van der Waals surface area contributed by atoms with Crippen molar-refractivity contribution in [1.82, 2.24) is 4.98 Å². The van der Waals surface area contributed by atoms with Gasteiger partial charge < -0.3 is 4.74 Å². The molecule has 2 aromatic rings. The normalized spacial score (nSPS) is 11.5. The fraction of sp³-hybridized carbons (Fsp3) is 0.263. The van der Waals surface area contributed by atoms with Gasteiger partial charge in [0.25, 0.3) is 0 Å². The number of carbonyl (C=O) groups excluding carboxylic acids is 1. The summed E-state index contributed by atoms with van der Waals surface area (Å²) in [7, 11) is 1.69. The third-order valence-electron chi connectivity index (χ3n) is 3.19. The van der Waals surface area contributed by atoms with E-state index in [0.717, 1.165) is 16.8 Å². The molecule has 126 valence electrons. The van der Waals surface area contributed by atoms with Crippen LogP contribution in [0, 0.1) is 0 Å². The van der Waals surface area contributed by atoms with Gasteiger partial charge in [0.15, 0.2) is 0 Å². The fourth-order valence-electron chi connectivity index (χ4n) is 1.95. The fourth-order valence-corrected chi connectivity index (χ4v) is 2.14. The summed E-state index contributed by atoms with van der Waals surface area (Å²) < 4.78 is 5.35. The Morgan fingerprint density at radius 2 is 1.83 bits per heavy atom. The summed E-state index contributed by atoms with van der Waals surface area (Å²) >= 11 is 6.02. The Morgan fingerprint density at radius 3 is 2.42 bits per heavy atom. The van der Waals surface area contributed by atoms with Crippen molar-refractivity contribution < 1.29 is 9.53 Å². The van der Waals surface area contributed by atoms with Gasteiger partial charge in [0.2, 0.25) is 0 Å². The molecule has 0 aliphatic heterocycles. The second-order valence-corrected chi connectivity index (χ2v) is 6.71. The predicted octanol–water partition coefficient (Wildman–Crippen LogP) is 5.28. The molecule has 0 spiro atoms. The summed E-state index contributed by atoms with van der Waals surface area (Å²) in [6.07, 6.45) is 5.12. The van der Waals surface area contributed by atoms with Gasteiger partial charge in [-0.1, -0.05) is 42.0 Å². The number of anilines is 1. The van der Waals surface area contributed by atoms with Gasteiger partial charge in [-0.2, -0.15) is 0 Å². The first-order valence-electron chi connectivity index (χ1n) is 7.61. The lowest BCUT2D eigenvalue weighted by atomic mass is 10.1. The Morgan fingerprint density at radius 1 is 1.17 bits per heavy atom. The standard InChI is InChI=1S/C19H21ClN2O2/c1-19(2,3)24-18(23)22(4)16-11-8-14(9-12-16)7-10-15-6-5-13-21-17(15)20/h5-13H,1-4H3/b10-7+. The molecule has 0 radical (unpaired) electrons. The molecular formula is C19H21ClN2O2. The van der Waals surface area contributed by atoms with Crippen LogP contribution in [0.4, 0.5) is 10.5 Å². The van der Waals surface area contributed by atoms with E-state index in [1.165, 1.54) is 4.90 Å². The van der Waals surface area contributed by atoms with Gasteiger partial charge in [-0.3, -0.25) is 4.90 Å². The number of halogens is 1. The molecule has 0 fully saturated rings. The highest BCUT2D eigenvalue weighted by Gasteiger charge is 2.20. The van der Waals surface area contributed by atoms with Crippen LogP contribution in [0.25, 0.3) is 12.2 Å². The first kappa shape index (κ1) is 18.0. The van der Waals surface area contributed by atoms with Crippen LogP contribution in [-0.2, 0) is 4.74 Å². The number of amides is 1. The lowest BCUT2D eigenvalue weighted by Gasteiger charge is -2.24. The van der Waals surface area contributed by atoms with Gasteiger partial charge in [-0.15, -0.1) is 0 Å². The molecule has 1 aromatic carbocycles. The Bertz CT molecular complexity index is 734. The maximum atomic E-state index is 12.1. The second kappa shape index (κ2) is 7.49. The number of carbonyl (C=O) groups is 1. The summed E-state index contributed by atoms with van der Waals surface area (Å²) in [5.74, 6) is 0. The van der Waals surface area contributed by atoms with Gasteiger partial charge in [0.1, 0.15) is 10.8 Å². The van der Waals surface area contributed by atoms with Crippen LogP contribution in [0.2, 0.25) is 5.15 Å². The Hall–Kier alpha value is -2.33. The van der Waals surface area contributed by atoms with Crippen molar-refractivity contribution in [2.24, 2.45) is 0 Å². The Balaban J connectivity index is 2.08. The van der Waals surface area contributed by atoms with Crippen molar-refractivity contribution in [3.63, 3.8) is 0 Å². The number of pyridine rings is 1. The van der Waals surface area contributed by atoms with E-state index < -0.39 is 5.60 Å². The number of hydrogen-bond acceptors (Lipinski definition) is 3. The van der Waals surface area contributed by atoms with E-state index in [1.54, 1.807) is 13.2 Å². The molecule has 1 heterocycles. The smallest absolute Gasteiger partial charge is 0.414 e. The number of aromatic nitrogens is 1. The summed E-state index contributed by atoms with van der Waals surface area (Å²) in [5.41, 5.74) is 2.10. The summed E-state index contributed by atoms with van der Waals surface area (Å²) in [4.78, 5) is 17.6. The van der Waals surface area contributed by atoms with Gasteiger partial charge in [0, 0.05) is 24.5 Å². The van der Waals surface area contributed by atoms with Crippen molar-refractivity contribution in [2.75, 3.05) is 11.9 Å². The van der Waals surface area contributed by atoms with E-state index >= 15 is 0 Å². The first-order chi connectivity index (χ1) is 11.3. The zero-order valence-corrected chi connectivity index (χ0v) is 15.0. The molecule has 0 N–H and O–H groups in total. The topological polar surface area (TPSA) is 42.4 Å². The lowest BCUT2D eigenvalue weighted by Crippen LogP contribution is -2.34. The van der Waals surface area contributed by atoms with Crippen LogP contribution in [0.15, 0.2) is 42.6 Å². The molecule has 0 saturated carbocycles. The predicted molar refractivity (Wildman–Crippen MR) is 99.3 cm³/mol. The average Bonchev–Trinajstić information content (AvgIpc) is 2.52. The van der Waals surface area contributed by atoms with Crippen molar-refractivity contribution in [3.05, 3.63) is 58.9 Å². The van der Waals surface area contributed by atoms with Crippen LogP contribution in [0.5, 0.6) is 0 Å². The van der Waals surface area contributed by atoms with E-state index in [1.807, 2.05) is 69.3 Å². The van der Waals surface area contributed by atoms with E-state index in [2.05, 4.69) is 4.98 Å². The van der Waals surface area contributed by atoms with E-state index in [0.29, 0.717) is 5.15 Å². The van der Waals surface area contributed by atoms with Crippen molar-refractivity contribution in [3.8, 4) is 0 Å². The summed E-state index contributed by atoms with van der Waals surface area (Å²) in [5, 5.41) is 0.468. The van der Waals surface area contributed by atoms with Crippen LogP contribution >= 0.6 is 11.6 Å². The van der Waals surface area contributed by atoms with Gasteiger partial charge in [-0.05, 0) is 44.5 Å². The lowest BCUT2D eigenvalue weighted by molar-refractivity contribution is 0.0589.